The van der Waals surface area contributed by atoms with Crippen molar-refractivity contribution >= 4 is 11.6 Å². The van der Waals surface area contributed by atoms with Gasteiger partial charge >= 0.3 is 0 Å². The fourth-order valence-electron chi connectivity index (χ4n) is 1.35. The van der Waals surface area contributed by atoms with E-state index in [-0.39, 0.29) is 0 Å². The molecule has 0 aliphatic rings. The molecule has 1 aromatic carbocycles. The Hall–Kier alpha value is -1.39. The van der Waals surface area contributed by atoms with Gasteiger partial charge in [-0.2, -0.15) is 0 Å². The molecule has 0 aliphatic heterocycles. The highest BCUT2D eigenvalue weighted by molar-refractivity contribution is 6.30. The summed E-state index contributed by atoms with van der Waals surface area (Å²) in [5.74, 6) is 0.875. The molecule has 5 heteroatoms. The van der Waals surface area contributed by atoms with Crippen LogP contribution < -0.4 is 5.32 Å². The predicted octanol–water partition coefficient (Wildman–Crippen LogP) is 1.64. The summed E-state index contributed by atoms with van der Waals surface area (Å²) in [6.45, 7) is 0.683. The van der Waals surface area contributed by atoms with Gasteiger partial charge in [-0.05, 0) is 31.3 Å². The van der Waals surface area contributed by atoms with Gasteiger partial charge in [-0.25, -0.2) is 0 Å². The molecule has 0 unspecified atom stereocenters. The van der Waals surface area contributed by atoms with Crippen LogP contribution in [0.4, 0.5) is 0 Å². The van der Waals surface area contributed by atoms with E-state index in [0.29, 0.717) is 6.54 Å². The highest BCUT2D eigenvalue weighted by Gasteiger charge is 2.04. The first-order valence-electron chi connectivity index (χ1n) is 4.60. The molecule has 0 amide bonds. The molecule has 0 saturated heterocycles. The zero-order chi connectivity index (χ0) is 10.7. The molecule has 0 fully saturated rings. The topological polar surface area (TPSA) is 42.7 Å². The maximum absolute atomic E-state index is 5.82. The summed E-state index contributed by atoms with van der Waals surface area (Å²) < 4.78 is 1.92. The Balaban J connectivity index is 2.36. The van der Waals surface area contributed by atoms with Gasteiger partial charge < -0.3 is 5.32 Å². The highest BCUT2D eigenvalue weighted by Crippen LogP contribution is 2.14. The molecule has 78 valence electrons. The Labute approximate surface area is 92.9 Å². The number of hydrogen-bond acceptors (Lipinski definition) is 3. The van der Waals surface area contributed by atoms with Gasteiger partial charge in [0.25, 0.3) is 0 Å². The summed E-state index contributed by atoms with van der Waals surface area (Å²) in [4.78, 5) is 0. The van der Waals surface area contributed by atoms with E-state index in [2.05, 4.69) is 15.5 Å². The second kappa shape index (κ2) is 4.42. The first-order chi connectivity index (χ1) is 7.31. The van der Waals surface area contributed by atoms with E-state index in [1.807, 2.05) is 35.9 Å². The minimum atomic E-state index is 0.683. The molecule has 2 aromatic rings. The summed E-state index contributed by atoms with van der Waals surface area (Å²) >= 11 is 5.82. The Morgan fingerprint density at radius 3 is 2.73 bits per heavy atom. The second-order valence-electron chi connectivity index (χ2n) is 3.12. The number of rotatable bonds is 3. The number of aromatic nitrogens is 3. The van der Waals surface area contributed by atoms with Crippen molar-refractivity contribution in [3.63, 3.8) is 0 Å². The van der Waals surface area contributed by atoms with Gasteiger partial charge in [0.1, 0.15) is 6.33 Å². The standard InChI is InChI=1S/C10H11ClN4/c1-12-6-10-14-13-7-15(10)9-4-2-8(11)3-5-9/h2-5,7,12H,6H2,1H3. The van der Waals surface area contributed by atoms with Crippen molar-refractivity contribution < 1.29 is 0 Å². The van der Waals surface area contributed by atoms with Gasteiger partial charge in [-0.3, -0.25) is 4.57 Å². The molecule has 2 rings (SSSR count). The summed E-state index contributed by atoms with van der Waals surface area (Å²) in [6, 6.07) is 7.57. The lowest BCUT2D eigenvalue weighted by atomic mass is 10.3. The fraction of sp³-hybridized carbons (Fsp3) is 0.200. The molecule has 0 spiro atoms. The first-order valence-corrected chi connectivity index (χ1v) is 4.98. The SMILES string of the molecule is CNCc1nncn1-c1ccc(Cl)cc1. The molecule has 0 aliphatic carbocycles. The van der Waals surface area contributed by atoms with Gasteiger partial charge in [0.2, 0.25) is 0 Å². The van der Waals surface area contributed by atoms with Crippen molar-refractivity contribution in [1.82, 2.24) is 20.1 Å². The van der Waals surface area contributed by atoms with Crippen molar-refractivity contribution in [2.75, 3.05) is 7.05 Å². The minimum Gasteiger partial charge on any atom is -0.313 e. The third-order valence-electron chi connectivity index (χ3n) is 2.06. The maximum Gasteiger partial charge on any atom is 0.151 e. The van der Waals surface area contributed by atoms with Gasteiger partial charge in [-0.1, -0.05) is 11.6 Å². The molecular weight excluding hydrogens is 212 g/mol. The van der Waals surface area contributed by atoms with Crippen LogP contribution in [0.25, 0.3) is 5.69 Å². The zero-order valence-corrected chi connectivity index (χ0v) is 9.07. The highest BCUT2D eigenvalue weighted by atomic mass is 35.5. The molecule has 0 bridgehead atoms. The molecule has 0 radical (unpaired) electrons. The van der Waals surface area contributed by atoms with Gasteiger partial charge in [0.15, 0.2) is 5.82 Å². The van der Waals surface area contributed by atoms with Crippen molar-refractivity contribution in [2.24, 2.45) is 0 Å². The average molecular weight is 223 g/mol. The van der Waals surface area contributed by atoms with Crippen LogP contribution in [0, 0.1) is 0 Å². The molecule has 4 nitrogen and oxygen atoms in total. The molecule has 15 heavy (non-hydrogen) atoms. The Morgan fingerprint density at radius 2 is 2.07 bits per heavy atom. The van der Waals surface area contributed by atoms with Gasteiger partial charge in [0, 0.05) is 10.7 Å². The van der Waals surface area contributed by atoms with Crippen LogP contribution in [0.2, 0.25) is 5.02 Å². The average Bonchev–Trinajstić information content (AvgIpc) is 2.68. The lowest BCUT2D eigenvalue weighted by Gasteiger charge is -2.05. The molecule has 1 N–H and O–H groups in total. The van der Waals surface area contributed by atoms with Gasteiger partial charge in [0.05, 0.1) is 6.54 Å². The number of nitrogens with zero attached hydrogens (tertiary/aromatic N) is 3. The van der Waals surface area contributed by atoms with E-state index in [4.69, 9.17) is 11.6 Å². The third-order valence-corrected chi connectivity index (χ3v) is 2.31. The Bertz CT molecular complexity index is 435. The van der Waals surface area contributed by atoms with Gasteiger partial charge in [-0.15, -0.1) is 10.2 Å². The van der Waals surface area contributed by atoms with E-state index < -0.39 is 0 Å². The van der Waals surface area contributed by atoms with Crippen molar-refractivity contribution in [3.8, 4) is 5.69 Å². The van der Waals surface area contributed by atoms with Crippen molar-refractivity contribution in [3.05, 3.63) is 41.4 Å². The summed E-state index contributed by atoms with van der Waals surface area (Å²) in [6.07, 6.45) is 1.69. The zero-order valence-electron chi connectivity index (χ0n) is 8.31. The maximum atomic E-state index is 5.82. The van der Waals surface area contributed by atoms with Crippen LogP contribution in [0.15, 0.2) is 30.6 Å². The van der Waals surface area contributed by atoms with Crippen LogP contribution in [0.3, 0.4) is 0 Å². The summed E-state index contributed by atoms with van der Waals surface area (Å²) in [5.41, 5.74) is 1.01. The Morgan fingerprint density at radius 1 is 1.33 bits per heavy atom. The minimum absolute atomic E-state index is 0.683. The molecule has 1 aromatic heterocycles. The van der Waals surface area contributed by atoms with Crippen LogP contribution in [-0.4, -0.2) is 21.8 Å². The lowest BCUT2D eigenvalue weighted by molar-refractivity contribution is 0.737. The fourth-order valence-corrected chi connectivity index (χ4v) is 1.48. The largest absolute Gasteiger partial charge is 0.313 e. The molecular formula is C10H11ClN4. The van der Waals surface area contributed by atoms with E-state index in [0.717, 1.165) is 16.5 Å². The van der Waals surface area contributed by atoms with E-state index in [1.165, 1.54) is 0 Å². The summed E-state index contributed by atoms with van der Waals surface area (Å²) in [5, 5.41) is 11.7. The van der Waals surface area contributed by atoms with E-state index in [1.54, 1.807) is 6.33 Å². The van der Waals surface area contributed by atoms with Crippen molar-refractivity contribution in [1.29, 1.82) is 0 Å². The molecule has 1 heterocycles. The lowest BCUT2D eigenvalue weighted by Crippen LogP contribution is -2.11. The Kier molecular flexibility index (Phi) is 2.99. The second-order valence-corrected chi connectivity index (χ2v) is 3.56. The van der Waals surface area contributed by atoms with Crippen LogP contribution in [0.5, 0.6) is 0 Å². The summed E-state index contributed by atoms with van der Waals surface area (Å²) in [7, 11) is 1.88. The van der Waals surface area contributed by atoms with Crippen LogP contribution in [-0.2, 0) is 6.54 Å². The van der Waals surface area contributed by atoms with Crippen LogP contribution >= 0.6 is 11.6 Å². The van der Waals surface area contributed by atoms with Crippen molar-refractivity contribution in [2.45, 2.75) is 6.54 Å². The predicted molar refractivity (Wildman–Crippen MR) is 59.1 cm³/mol. The number of benzene rings is 1. The van der Waals surface area contributed by atoms with E-state index in [9.17, 15) is 0 Å². The molecule has 0 atom stereocenters. The normalized spacial score (nSPS) is 10.5. The van der Waals surface area contributed by atoms with Crippen LogP contribution in [0.1, 0.15) is 5.82 Å². The monoisotopic (exact) mass is 222 g/mol. The number of halogens is 1. The number of hydrogen-bond donors (Lipinski definition) is 1. The smallest absolute Gasteiger partial charge is 0.151 e. The quantitative estimate of drug-likeness (QED) is 0.859. The third kappa shape index (κ3) is 2.16. The molecule has 0 saturated carbocycles. The van der Waals surface area contributed by atoms with E-state index >= 15 is 0 Å². The first kappa shape index (κ1) is 10.1. The number of nitrogens with one attached hydrogen (secondary N) is 1.